The van der Waals surface area contributed by atoms with Crippen LogP contribution in [0.4, 0.5) is 5.69 Å². The van der Waals surface area contributed by atoms with Crippen molar-refractivity contribution in [1.29, 1.82) is 0 Å². The molecule has 8 heteroatoms. The molecule has 0 spiro atoms. The molecule has 150 valence electrons. The molecule has 1 N–H and O–H groups in total. The highest BCUT2D eigenvalue weighted by Crippen LogP contribution is 2.31. The Morgan fingerprint density at radius 1 is 1.15 bits per heavy atom. The van der Waals surface area contributed by atoms with Gasteiger partial charge in [0, 0.05) is 30.7 Å². The van der Waals surface area contributed by atoms with Gasteiger partial charge in [0.25, 0.3) is 0 Å². The van der Waals surface area contributed by atoms with Crippen LogP contribution < -0.4 is 14.4 Å². The summed E-state index contributed by atoms with van der Waals surface area (Å²) in [4.78, 5) is 16.0. The van der Waals surface area contributed by atoms with Crippen molar-refractivity contribution in [2.24, 2.45) is 0 Å². The summed E-state index contributed by atoms with van der Waals surface area (Å²) in [6, 6.07) is 4.88. The van der Waals surface area contributed by atoms with E-state index >= 15 is 0 Å². The summed E-state index contributed by atoms with van der Waals surface area (Å²) in [5.74, 6) is 0.295. The molecule has 2 aliphatic heterocycles. The number of hydrogen-bond donors (Lipinski definition) is 1. The van der Waals surface area contributed by atoms with Gasteiger partial charge in [-0.05, 0) is 64.4 Å². The number of amides is 1. The first kappa shape index (κ1) is 20.1. The van der Waals surface area contributed by atoms with Crippen LogP contribution in [0.25, 0.3) is 0 Å². The molecule has 2 aliphatic rings. The van der Waals surface area contributed by atoms with Gasteiger partial charge in [-0.1, -0.05) is 0 Å². The summed E-state index contributed by atoms with van der Waals surface area (Å²) >= 11 is 0. The summed E-state index contributed by atoms with van der Waals surface area (Å²) in [6.45, 7) is 7.01. The molecular weight excluding hydrogens is 366 g/mol. The van der Waals surface area contributed by atoms with Gasteiger partial charge in [0.05, 0.1) is 7.11 Å². The highest BCUT2D eigenvalue weighted by Gasteiger charge is 2.32. The number of hydrogen-bond acceptors (Lipinski definition) is 5. The predicted octanol–water partition coefficient (Wildman–Crippen LogP) is 1.97. The summed E-state index contributed by atoms with van der Waals surface area (Å²) in [5, 5.41) is 0. The van der Waals surface area contributed by atoms with Gasteiger partial charge in [-0.25, -0.2) is 13.1 Å². The molecule has 0 aliphatic carbocycles. The molecule has 2 saturated heterocycles. The molecule has 0 bridgehead atoms. The van der Waals surface area contributed by atoms with Crippen molar-refractivity contribution in [2.45, 2.75) is 50.0 Å². The maximum absolute atomic E-state index is 13.0. The Balaban J connectivity index is 1.83. The van der Waals surface area contributed by atoms with E-state index in [9.17, 15) is 13.2 Å². The van der Waals surface area contributed by atoms with E-state index < -0.39 is 10.0 Å². The second-order valence-corrected chi connectivity index (χ2v) is 9.55. The van der Waals surface area contributed by atoms with Crippen molar-refractivity contribution in [3.63, 3.8) is 0 Å². The smallest absolute Gasteiger partial charge is 0.244 e. The molecule has 0 aromatic heterocycles. The summed E-state index contributed by atoms with van der Waals surface area (Å²) in [5.41, 5.74) is 0.330. The minimum absolute atomic E-state index is 0.0200. The normalized spacial score (nSPS) is 19.1. The Labute approximate surface area is 161 Å². The lowest BCUT2D eigenvalue weighted by atomic mass is 10.0. The number of likely N-dealkylation sites (tertiary alicyclic amines) is 1. The first-order valence-corrected chi connectivity index (χ1v) is 11.0. The minimum atomic E-state index is -3.77. The lowest BCUT2D eigenvalue weighted by molar-refractivity contribution is -0.117. The molecule has 7 nitrogen and oxygen atoms in total. The van der Waals surface area contributed by atoms with Crippen molar-refractivity contribution < 1.29 is 17.9 Å². The number of carbonyl (C=O) groups is 1. The quantitative estimate of drug-likeness (QED) is 0.764. The fourth-order valence-electron chi connectivity index (χ4n) is 3.75. The van der Waals surface area contributed by atoms with Crippen LogP contribution in [-0.2, 0) is 14.8 Å². The summed E-state index contributed by atoms with van der Waals surface area (Å²) in [7, 11) is -2.33. The van der Waals surface area contributed by atoms with E-state index in [4.69, 9.17) is 4.74 Å². The van der Waals surface area contributed by atoms with E-state index in [2.05, 4.69) is 23.5 Å². The zero-order valence-electron chi connectivity index (χ0n) is 16.3. The molecular formula is C19H29N3O4S. The number of rotatable bonds is 7. The van der Waals surface area contributed by atoms with E-state index in [1.54, 1.807) is 17.0 Å². The Bertz CT molecular complexity index is 801. The Hall–Kier alpha value is -1.64. The summed E-state index contributed by atoms with van der Waals surface area (Å²) < 4.78 is 34.0. The molecule has 2 fully saturated rings. The molecule has 0 saturated carbocycles. The van der Waals surface area contributed by atoms with Crippen LogP contribution in [0.1, 0.15) is 39.5 Å². The van der Waals surface area contributed by atoms with E-state index in [0.29, 0.717) is 25.2 Å². The van der Waals surface area contributed by atoms with Gasteiger partial charge in [0.2, 0.25) is 15.9 Å². The first-order chi connectivity index (χ1) is 12.7. The largest absolute Gasteiger partial charge is 0.495 e. The fraction of sp³-hybridized carbons (Fsp3) is 0.632. The third kappa shape index (κ3) is 4.28. The lowest BCUT2D eigenvalue weighted by Gasteiger charge is -2.35. The lowest BCUT2D eigenvalue weighted by Crippen LogP contribution is -2.50. The third-order valence-corrected chi connectivity index (χ3v) is 6.90. The zero-order chi connectivity index (χ0) is 19.7. The van der Waals surface area contributed by atoms with Crippen molar-refractivity contribution in [2.75, 3.05) is 38.2 Å². The van der Waals surface area contributed by atoms with Crippen LogP contribution in [0.2, 0.25) is 0 Å². The number of nitrogens with zero attached hydrogens (tertiary/aromatic N) is 2. The first-order valence-electron chi connectivity index (χ1n) is 9.48. The van der Waals surface area contributed by atoms with Crippen molar-refractivity contribution in [3.05, 3.63) is 18.2 Å². The van der Waals surface area contributed by atoms with E-state index in [1.165, 1.54) is 13.2 Å². The topological polar surface area (TPSA) is 78.9 Å². The van der Waals surface area contributed by atoms with Gasteiger partial charge in [-0.2, -0.15) is 0 Å². The van der Waals surface area contributed by atoms with Gasteiger partial charge in [-0.15, -0.1) is 0 Å². The van der Waals surface area contributed by atoms with Crippen LogP contribution in [0.15, 0.2) is 23.1 Å². The maximum atomic E-state index is 13.0. The SMILES string of the molecule is COc1ccc(N2CCCC2=O)cc1S(=O)(=O)NCC(C)(C)N1CCCC1. The fourth-order valence-corrected chi connectivity index (χ4v) is 5.14. The van der Waals surface area contributed by atoms with Crippen molar-refractivity contribution in [1.82, 2.24) is 9.62 Å². The number of methoxy groups -OCH3 is 1. The predicted molar refractivity (Wildman–Crippen MR) is 105 cm³/mol. The van der Waals surface area contributed by atoms with E-state index in [0.717, 1.165) is 32.4 Å². The number of anilines is 1. The molecule has 0 unspecified atom stereocenters. The zero-order valence-corrected chi connectivity index (χ0v) is 17.1. The van der Waals surface area contributed by atoms with Gasteiger partial charge >= 0.3 is 0 Å². The maximum Gasteiger partial charge on any atom is 0.244 e. The highest BCUT2D eigenvalue weighted by molar-refractivity contribution is 7.89. The van der Waals surface area contributed by atoms with Crippen LogP contribution in [-0.4, -0.2) is 58.1 Å². The molecule has 0 radical (unpaired) electrons. The van der Waals surface area contributed by atoms with E-state index in [1.807, 2.05) is 0 Å². The van der Waals surface area contributed by atoms with E-state index in [-0.39, 0.29) is 22.1 Å². The van der Waals surface area contributed by atoms with Gasteiger partial charge < -0.3 is 9.64 Å². The van der Waals surface area contributed by atoms with Crippen LogP contribution in [0.3, 0.4) is 0 Å². The Morgan fingerprint density at radius 3 is 2.44 bits per heavy atom. The average Bonchev–Trinajstić information content (AvgIpc) is 3.32. The van der Waals surface area contributed by atoms with Crippen LogP contribution in [0, 0.1) is 0 Å². The van der Waals surface area contributed by atoms with Gasteiger partial charge in [0.1, 0.15) is 10.6 Å². The second kappa shape index (κ2) is 7.77. The number of benzene rings is 1. The summed E-state index contributed by atoms with van der Waals surface area (Å²) in [6.07, 6.45) is 3.58. The Kier molecular flexibility index (Phi) is 5.79. The molecule has 27 heavy (non-hydrogen) atoms. The van der Waals surface area contributed by atoms with Crippen molar-refractivity contribution >= 4 is 21.6 Å². The van der Waals surface area contributed by atoms with Crippen molar-refractivity contribution in [3.8, 4) is 5.75 Å². The highest BCUT2D eigenvalue weighted by atomic mass is 32.2. The van der Waals surface area contributed by atoms with Crippen LogP contribution in [0.5, 0.6) is 5.75 Å². The standard InChI is InChI=1S/C19H29N3O4S/c1-19(2,21-10-4-5-11-21)14-20-27(24,25)17-13-15(8-9-16(17)26-3)22-12-6-7-18(22)23/h8-9,13,20H,4-7,10-12,14H2,1-3H3. The minimum Gasteiger partial charge on any atom is -0.495 e. The second-order valence-electron chi connectivity index (χ2n) is 7.82. The number of nitrogens with one attached hydrogen (secondary N) is 1. The molecule has 3 rings (SSSR count). The number of ether oxygens (including phenoxy) is 1. The number of sulfonamides is 1. The molecule has 1 aromatic rings. The molecule has 1 aromatic carbocycles. The van der Waals surface area contributed by atoms with Gasteiger partial charge in [0.15, 0.2) is 0 Å². The number of carbonyl (C=O) groups excluding carboxylic acids is 1. The van der Waals surface area contributed by atoms with Gasteiger partial charge in [-0.3, -0.25) is 9.69 Å². The third-order valence-electron chi connectivity index (χ3n) is 5.48. The molecule has 0 atom stereocenters. The average molecular weight is 396 g/mol. The molecule has 1 amide bonds. The molecule has 2 heterocycles. The Morgan fingerprint density at radius 2 is 1.85 bits per heavy atom. The monoisotopic (exact) mass is 395 g/mol. The van der Waals surface area contributed by atoms with Crippen LogP contribution >= 0.6 is 0 Å².